The van der Waals surface area contributed by atoms with Crippen LogP contribution < -0.4 is 21.2 Å². The first kappa shape index (κ1) is 43.4. The molecule has 2 aromatic heterocycles. The molecule has 10 rings (SSSR count). The van der Waals surface area contributed by atoms with Gasteiger partial charge in [0.25, 0.3) is 0 Å². The molecule has 0 N–H and O–H groups in total. The number of benzene rings is 8. The Kier molecular flexibility index (Phi) is 15.6. The molecule has 8 aromatic carbocycles. The zero-order valence-corrected chi connectivity index (χ0v) is 38.1. The van der Waals surface area contributed by atoms with Gasteiger partial charge in [0.1, 0.15) is 59.4 Å². The van der Waals surface area contributed by atoms with Gasteiger partial charge in [-0.25, -0.2) is 0 Å². The summed E-state index contributed by atoms with van der Waals surface area (Å²) in [5, 5.41) is 10.4. The van der Waals surface area contributed by atoms with Gasteiger partial charge in [-0.15, -0.1) is 23.3 Å². The van der Waals surface area contributed by atoms with Crippen molar-refractivity contribution in [2.45, 2.75) is 0 Å². The van der Waals surface area contributed by atoms with E-state index in [2.05, 4.69) is 133 Å². The largest absolute Gasteiger partial charge is 1.00 e. The van der Waals surface area contributed by atoms with E-state index >= 15 is 0 Å². The second-order valence-electron chi connectivity index (χ2n) is 13.5. The molecule has 0 fully saturated rings. The maximum absolute atomic E-state index is 7.06. The molecule has 0 saturated carbocycles. The Bertz CT molecular complexity index is 2680. The zero-order chi connectivity index (χ0) is 38.8. The van der Waals surface area contributed by atoms with Gasteiger partial charge in [0.15, 0.2) is 5.90 Å². The Balaban J connectivity index is 0.000000156. The minimum atomic E-state index is -0.847. The molecule has 0 aliphatic rings. The van der Waals surface area contributed by atoms with E-state index in [0.717, 1.165) is 55.0 Å². The molecule has 6 heteroatoms. The van der Waals surface area contributed by atoms with Crippen LogP contribution >= 0.6 is 15.8 Å². The van der Waals surface area contributed by atoms with E-state index in [1.165, 1.54) is 27.1 Å². The maximum atomic E-state index is 7.06. The molecule has 0 aliphatic heterocycles. The summed E-state index contributed by atoms with van der Waals surface area (Å²) in [4.78, 5) is 0. The Labute approximate surface area is 379 Å². The van der Waals surface area contributed by atoms with Crippen molar-refractivity contribution in [3.63, 3.8) is 0 Å². The van der Waals surface area contributed by atoms with Gasteiger partial charge in [0.05, 0.1) is 0 Å². The summed E-state index contributed by atoms with van der Waals surface area (Å²) in [7, 11) is -1.69. The number of hydrogen-bond acceptors (Lipinski definition) is 2. The van der Waals surface area contributed by atoms with E-state index in [9.17, 15) is 0 Å². The monoisotopic (exact) mass is 1160 g/mol. The van der Waals surface area contributed by atoms with Crippen LogP contribution in [0.1, 0.15) is 11.1 Å². The summed E-state index contributed by atoms with van der Waals surface area (Å²) < 4.78 is 11.3. The van der Waals surface area contributed by atoms with Crippen LogP contribution in [0, 0.1) is 24.7 Å². The summed E-state index contributed by atoms with van der Waals surface area (Å²) in [5.74, 6) is 5.95. The molecule has 292 valence electrons. The van der Waals surface area contributed by atoms with Gasteiger partial charge in [-0.05, 0) is 60.7 Å². The van der Waals surface area contributed by atoms with Crippen LogP contribution in [0.3, 0.4) is 0 Å². The van der Waals surface area contributed by atoms with Gasteiger partial charge in [-0.2, -0.15) is 0 Å². The molecule has 2 nitrogen and oxygen atoms in total. The standard InChI is InChI=1S/C25H22P2.2C14H7O.2Au/c1-5-13-22(14-6-1)26(23-15-7-2-8-16-23)21-27(24-17-9-3-10-18-24)25-19-11-4-12-20-25;2*1-2-10-7-8-12-11-5-3-4-6-13(11)15-14(12)9-10;;/h1-20H,21H2;2*3-9H;;/q;2*-1;2*+1/p+2. The number of furan rings is 2. The van der Waals surface area contributed by atoms with E-state index < -0.39 is 15.8 Å². The van der Waals surface area contributed by atoms with Gasteiger partial charge in [-0.3, -0.25) is 11.8 Å². The average Bonchev–Trinajstić information content (AvgIpc) is 3.86. The predicted octanol–water partition coefficient (Wildman–Crippen LogP) is 11.7. The van der Waals surface area contributed by atoms with Crippen LogP contribution in [0.15, 0.2) is 215 Å². The Hall–Kier alpha value is -5.18. The fourth-order valence-electron chi connectivity index (χ4n) is 7.08. The first-order valence-electron chi connectivity index (χ1n) is 18.8. The van der Waals surface area contributed by atoms with Gasteiger partial charge in [0.2, 0.25) is 0 Å². The first-order chi connectivity index (χ1) is 28.2. The van der Waals surface area contributed by atoms with Crippen LogP contribution in [-0.4, -0.2) is 5.90 Å². The van der Waals surface area contributed by atoms with E-state index in [1.54, 1.807) is 0 Å². The topological polar surface area (TPSA) is 26.3 Å². The Morgan fingerprint density at radius 2 is 0.627 bits per heavy atom. The molecule has 0 atom stereocenters. The molecule has 0 amide bonds. The number of fused-ring (bicyclic) bond motifs is 6. The Morgan fingerprint density at radius 3 is 0.949 bits per heavy atom. The smallest absolute Gasteiger partial charge is 0.458 e. The molecule has 0 saturated heterocycles. The molecule has 0 aliphatic carbocycles. The van der Waals surface area contributed by atoms with E-state index in [-0.39, 0.29) is 44.8 Å². The third kappa shape index (κ3) is 10.3. The van der Waals surface area contributed by atoms with Crippen molar-refractivity contribution in [1.82, 2.24) is 0 Å². The molecule has 0 spiro atoms. The van der Waals surface area contributed by atoms with Gasteiger partial charge in [-0.1, -0.05) is 133 Å². The van der Waals surface area contributed by atoms with Crippen molar-refractivity contribution in [2.24, 2.45) is 0 Å². The van der Waals surface area contributed by atoms with Crippen LogP contribution in [-0.2, 0) is 44.8 Å². The number of rotatable bonds is 6. The molecule has 59 heavy (non-hydrogen) atoms. The van der Waals surface area contributed by atoms with Gasteiger partial charge >= 0.3 is 44.8 Å². The molecule has 0 radical (unpaired) electrons. The summed E-state index contributed by atoms with van der Waals surface area (Å²) >= 11 is 0. The maximum Gasteiger partial charge on any atom is 1.00 e. The molecule has 10 aromatic rings. The number of para-hydroxylation sites is 2. The fourth-order valence-corrected chi connectivity index (χ4v) is 14.8. The molecular formula is C53H38Au2O2P2+2. The SMILES string of the molecule is [Au+].[Au+].[C-]#Cc1ccc2c(c1)oc1ccccc12.[C-]#Cc1ccc2c(c1)oc1ccccc12.c1ccc([PH+](C[PH+](c2ccccc2)c2ccccc2)c2ccccc2)cc1. The normalized spacial score (nSPS) is 10.4. The average molecular weight is 1160 g/mol. The van der Waals surface area contributed by atoms with Gasteiger partial charge in [0, 0.05) is 21.5 Å². The van der Waals surface area contributed by atoms with E-state index in [4.69, 9.17) is 21.7 Å². The number of hydrogen-bond donors (Lipinski definition) is 0. The van der Waals surface area contributed by atoms with Crippen molar-refractivity contribution in [3.05, 3.63) is 230 Å². The fraction of sp³-hybridized carbons (Fsp3) is 0.0189. The van der Waals surface area contributed by atoms with E-state index in [1.807, 2.05) is 84.9 Å². The van der Waals surface area contributed by atoms with Crippen LogP contribution in [0.25, 0.3) is 43.9 Å². The minimum absolute atomic E-state index is 0. The zero-order valence-electron chi connectivity index (χ0n) is 31.8. The molecule has 0 bridgehead atoms. The summed E-state index contributed by atoms with van der Waals surface area (Å²) in [6.07, 6.45) is 14.1. The summed E-state index contributed by atoms with van der Waals surface area (Å²) in [6.45, 7) is 0. The van der Waals surface area contributed by atoms with Crippen molar-refractivity contribution in [3.8, 4) is 11.8 Å². The molecular weight excluding hydrogens is 1120 g/mol. The molecule has 2 heterocycles. The quantitative estimate of drug-likeness (QED) is 0.0718. The van der Waals surface area contributed by atoms with Crippen LogP contribution in [0.4, 0.5) is 0 Å². The first-order valence-corrected chi connectivity index (χ1v) is 22.2. The predicted molar refractivity (Wildman–Crippen MR) is 246 cm³/mol. The van der Waals surface area contributed by atoms with Gasteiger partial charge < -0.3 is 21.7 Å². The van der Waals surface area contributed by atoms with E-state index in [0.29, 0.717) is 0 Å². The second kappa shape index (κ2) is 21.2. The summed E-state index contributed by atoms with van der Waals surface area (Å²) in [5.41, 5.74) is 4.87. The third-order valence-corrected chi connectivity index (χ3v) is 16.8. The van der Waals surface area contributed by atoms with Crippen LogP contribution in [0.5, 0.6) is 0 Å². The van der Waals surface area contributed by atoms with Crippen molar-refractivity contribution in [2.75, 3.05) is 5.90 Å². The Morgan fingerprint density at radius 1 is 0.339 bits per heavy atom. The second-order valence-corrected chi connectivity index (χ2v) is 19.1. The van der Waals surface area contributed by atoms with Crippen molar-refractivity contribution in [1.29, 1.82) is 0 Å². The van der Waals surface area contributed by atoms with Crippen molar-refractivity contribution >= 4 is 80.9 Å². The summed E-state index contributed by atoms with van der Waals surface area (Å²) in [6, 6.07) is 71.7. The molecule has 0 unspecified atom stereocenters. The minimum Gasteiger partial charge on any atom is -0.458 e. The van der Waals surface area contributed by atoms with Crippen LogP contribution in [0.2, 0.25) is 0 Å². The van der Waals surface area contributed by atoms with Crippen molar-refractivity contribution < 1.29 is 53.6 Å². The third-order valence-electron chi connectivity index (χ3n) is 9.89.